The zero-order chi connectivity index (χ0) is 15.1. The van der Waals surface area contributed by atoms with E-state index in [9.17, 15) is 14.9 Å². The summed E-state index contributed by atoms with van der Waals surface area (Å²) < 4.78 is 0. The number of rotatable bonds is 6. The quantitative estimate of drug-likeness (QED) is 0.862. The third-order valence-electron chi connectivity index (χ3n) is 3.21. The summed E-state index contributed by atoms with van der Waals surface area (Å²) in [5.74, 6) is -1.63. The lowest BCUT2D eigenvalue weighted by Crippen LogP contribution is -2.31. The molecular weight excluding hydrogens is 256 g/mol. The maximum atomic E-state index is 12.0. The van der Waals surface area contributed by atoms with E-state index in [4.69, 9.17) is 5.11 Å². The van der Waals surface area contributed by atoms with Gasteiger partial charge in [0.2, 0.25) is 5.91 Å². The molecule has 1 N–H and O–H groups in total. The Morgan fingerprint density at radius 2 is 1.80 bits per heavy atom. The second kappa shape index (κ2) is 7.29. The number of nitriles is 1. The van der Waals surface area contributed by atoms with Gasteiger partial charge in [0.15, 0.2) is 0 Å². The van der Waals surface area contributed by atoms with Crippen LogP contribution in [0.3, 0.4) is 0 Å². The lowest BCUT2D eigenvalue weighted by molar-refractivity contribution is -0.130. The molecule has 1 aromatic carbocycles. The standard InChI is InChI=1S/C15H18N2O3/c1-3-17(4-2)14(18)9-13(10-16)11-5-7-12(8-6-11)15(19)20/h5-8,13H,3-4,9H2,1-2H3,(H,19,20). The smallest absolute Gasteiger partial charge is 0.335 e. The molecule has 0 aromatic heterocycles. The molecule has 1 amide bonds. The van der Waals surface area contributed by atoms with E-state index in [0.717, 1.165) is 0 Å². The number of benzene rings is 1. The molecule has 0 aliphatic carbocycles. The number of carboxylic acids is 1. The second-order valence-corrected chi connectivity index (χ2v) is 4.38. The molecule has 0 saturated carbocycles. The summed E-state index contributed by atoms with van der Waals surface area (Å²) in [4.78, 5) is 24.5. The van der Waals surface area contributed by atoms with Crippen LogP contribution in [0.15, 0.2) is 24.3 Å². The molecule has 5 nitrogen and oxygen atoms in total. The van der Waals surface area contributed by atoms with Crippen LogP contribution < -0.4 is 0 Å². The van der Waals surface area contributed by atoms with E-state index >= 15 is 0 Å². The Kier molecular flexibility index (Phi) is 5.73. The fraction of sp³-hybridized carbons (Fsp3) is 0.400. The predicted molar refractivity (Wildman–Crippen MR) is 74.3 cm³/mol. The highest BCUT2D eigenvalue weighted by molar-refractivity contribution is 5.87. The molecule has 20 heavy (non-hydrogen) atoms. The van der Waals surface area contributed by atoms with Gasteiger partial charge in [-0.2, -0.15) is 5.26 Å². The Bertz CT molecular complexity index is 513. The van der Waals surface area contributed by atoms with E-state index in [2.05, 4.69) is 6.07 Å². The molecule has 0 heterocycles. The largest absolute Gasteiger partial charge is 0.478 e. The average Bonchev–Trinajstić information content (AvgIpc) is 2.46. The first-order valence-electron chi connectivity index (χ1n) is 6.54. The van der Waals surface area contributed by atoms with Gasteiger partial charge in [0.05, 0.1) is 17.6 Å². The van der Waals surface area contributed by atoms with Crippen molar-refractivity contribution in [2.24, 2.45) is 0 Å². The zero-order valence-corrected chi connectivity index (χ0v) is 11.7. The lowest BCUT2D eigenvalue weighted by Gasteiger charge is -2.20. The number of hydrogen-bond donors (Lipinski definition) is 1. The highest BCUT2D eigenvalue weighted by Crippen LogP contribution is 2.20. The third kappa shape index (κ3) is 3.82. The molecule has 1 rings (SSSR count). The van der Waals surface area contributed by atoms with Gasteiger partial charge in [0.25, 0.3) is 0 Å². The molecule has 1 aromatic rings. The fourth-order valence-electron chi connectivity index (χ4n) is 1.98. The van der Waals surface area contributed by atoms with Crippen LogP contribution in [0.4, 0.5) is 0 Å². The monoisotopic (exact) mass is 274 g/mol. The molecular formula is C15H18N2O3. The van der Waals surface area contributed by atoms with E-state index in [-0.39, 0.29) is 17.9 Å². The molecule has 1 unspecified atom stereocenters. The van der Waals surface area contributed by atoms with Crippen LogP contribution in [-0.4, -0.2) is 35.0 Å². The minimum Gasteiger partial charge on any atom is -0.478 e. The molecule has 0 bridgehead atoms. The van der Waals surface area contributed by atoms with Crippen LogP contribution in [-0.2, 0) is 4.79 Å². The summed E-state index contributed by atoms with van der Waals surface area (Å²) in [6, 6.07) is 8.18. The van der Waals surface area contributed by atoms with Crippen molar-refractivity contribution in [1.82, 2.24) is 4.90 Å². The Balaban J connectivity index is 2.84. The highest BCUT2D eigenvalue weighted by Gasteiger charge is 2.19. The number of carbonyl (C=O) groups excluding carboxylic acids is 1. The van der Waals surface area contributed by atoms with Crippen LogP contribution in [0, 0.1) is 11.3 Å². The SMILES string of the molecule is CCN(CC)C(=O)CC(C#N)c1ccc(C(=O)O)cc1. The minimum atomic E-state index is -1.01. The molecule has 0 radical (unpaired) electrons. The third-order valence-corrected chi connectivity index (χ3v) is 3.21. The zero-order valence-electron chi connectivity index (χ0n) is 11.7. The van der Waals surface area contributed by atoms with Gasteiger partial charge in [0.1, 0.15) is 0 Å². The minimum absolute atomic E-state index is 0.0659. The maximum Gasteiger partial charge on any atom is 0.335 e. The number of amides is 1. The summed E-state index contributed by atoms with van der Waals surface area (Å²) in [5, 5.41) is 18.0. The molecule has 106 valence electrons. The first-order chi connectivity index (χ1) is 9.53. The number of hydrogen-bond acceptors (Lipinski definition) is 3. The summed E-state index contributed by atoms with van der Waals surface area (Å²) in [6.07, 6.45) is 0.116. The van der Waals surface area contributed by atoms with Crippen molar-refractivity contribution >= 4 is 11.9 Å². The topological polar surface area (TPSA) is 81.4 Å². The number of nitrogens with zero attached hydrogens (tertiary/aromatic N) is 2. The summed E-state index contributed by atoms with van der Waals surface area (Å²) >= 11 is 0. The van der Waals surface area contributed by atoms with E-state index in [0.29, 0.717) is 18.7 Å². The van der Waals surface area contributed by atoms with Gasteiger partial charge in [-0.05, 0) is 31.5 Å². The highest BCUT2D eigenvalue weighted by atomic mass is 16.4. The molecule has 0 aliphatic heterocycles. The molecule has 1 atom stereocenters. The number of aromatic carboxylic acids is 1. The normalized spacial score (nSPS) is 11.4. The number of carboxylic acid groups (broad SMARTS) is 1. The van der Waals surface area contributed by atoms with Gasteiger partial charge in [-0.3, -0.25) is 4.79 Å². The Morgan fingerprint density at radius 1 is 1.25 bits per heavy atom. The molecule has 0 saturated heterocycles. The molecule has 0 fully saturated rings. The van der Waals surface area contributed by atoms with Crippen LogP contribution in [0.1, 0.15) is 42.1 Å². The number of carbonyl (C=O) groups is 2. The van der Waals surface area contributed by atoms with Crippen LogP contribution in [0.2, 0.25) is 0 Å². The maximum absolute atomic E-state index is 12.0. The van der Waals surface area contributed by atoms with Gasteiger partial charge in [0, 0.05) is 19.5 Å². The Morgan fingerprint density at radius 3 is 2.20 bits per heavy atom. The van der Waals surface area contributed by atoms with Gasteiger partial charge in [-0.15, -0.1) is 0 Å². The van der Waals surface area contributed by atoms with Crippen molar-refractivity contribution < 1.29 is 14.7 Å². The molecule has 5 heteroatoms. The van der Waals surface area contributed by atoms with Crippen molar-refractivity contribution in [1.29, 1.82) is 5.26 Å². The first kappa shape index (κ1) is 15.7. The second-order valence-electron chi connectivity index (χ2n) is 4.38. The van der Waals surface area contributed by atoms with Gasteiger partial charge in [-0.1, -0.05) is 12.1 Å². The summed E-state index contributed by atoms with van der Waals surface area (Å²) in [5.41, 5.74) is 0.832. The molecule has 0 aliphatic rings. The fourth-order valence-corrected chi connectivity index (χ4v) is 1.98. The van der Waals surface area contributed by atoms with Crippen LogP contribution in [0.25, 0.3) is 0 Å². The summed E-state index contributed by atoms with van der Waals surface area (Å²) in [7, 11) is 0. The predicted octanol–water partition coefficient (Wildman–Crippen LogP) is 2.25. The van der Waals surface area contributed by atoms with Gasteiger partial charge >= 0.3 is 5.97 Å². The van der Waals surface area contributed by atoms with Crippen molar-refractivity contribution in [2.75, 3.05) is 13.1 Å². The molecule has 0 spiro atoms. The van der Waals surface area contributed by atoms with Gasteiger partial charge in [-0.25, -0.2) is 4.79 Å². The van der Waals surface area contributed by atoms with Crippen LogP contribution >= 0.6 is 0 Å². The van der Waals surface area contributed by atoms with Crippen LogP contribution in [0.5, 0.6) is 0 Å². The van der Waals surface area contributed by atoms with E-state index in [1.165, 1.54) is 12.1 Å². The summed E-state index contributed by atoms with van der Waals surface area (Å²) in [6.45, 7) is 5.02. The van der Waals surface area contributed by atoms with E-state index in [1.54, 1.807) is 17.0 Å². The van der Waals surface area contributed by atoms with Crippen molar-refractivity contribution in [3.8, 4) is 6.07 Å². The van der Waals surface area contributed by atoms with E-state index in [1.807, 2.05) is 13.8 Å². The van der Waals surface area contributed by atoms with Crippen molar-refractivity contribution in [3.63, 3.8) is 0 Å². The lowest BCUT2D eigenvalue weighted by atomic mass is 9.95. The Hall–Kier alpha value is -2.35. The van der Waals surface area contributed by atoms with Gasteiger partial charge < -0.3 is 10.0 Å². The average molecular weight is 274 g/mol. The van der Waals surface area contributed by atoms with Crippen molar-refractivity contribution in [2.45, 2.75) is 26.2 Å². The Labute approximate surface area is 118 Å². The first-order valence-corrected chi connectivity index (χ1v) is 6.54. The van der Waals surface area contributed by atoms with Crippen molar-refractivity contribution in [3.05, 3.63) is 35.4 Å². The van der Waals surface area contributed by atoms with E-state index < -0.39 is 11.9 Å².